The third kappa shape index (κ3) is 3.64. The number of benzene rings is 6. The molecule has 1 aliphatic carbocycles. The van der Waals surface area contributed by atoms with Gasteiger partial charge in [0, 0.05) is 38.8 Å². The van der Waals surface area contributed by atoms with Gasteiger partial charge < -0.3 is 9.32 Å². The highest BCUT2D eigenvalue weighted by Gasteiger charge is 2.39. The minimum Gasteiger partial charge on any atom is -0.456 e. The first-order chi connectivity index (χ1) is 20.1. The Morgan fingerprint density at radius 1 is 0.512 bits per heavy atom. The van der Waals surface area contributed by atoms with E-state index in [9.17, 15) is 0 Å². The van der Waals surface area contributed by atoms with Gasteiger partial charge in [-0.05, 0) is 76.3 Å². The van der Waals surface area contributed by atoms with E-state index >= 15 is 0 Å². The van der Waals surface area contributed by atoms with Crippen molar-refractivity contribution in [2.24, 2.45) is 0 Å². The molecule has 1 aliphatic rings. The molecule has 2 nitrogen and oxygen atoms in total. The van der Waals surface area contributed by atoms with Crippen LogP contribution in [0.3, 0.4) is 0 Å². The van der Waals surface area contributed by atoms with Crippen LogP contribution in [0.15, 0.2) is 144 Å². The lowest BCUT2D eigenvalue weighted by atomic mass is 9.81. The maximum absolute atomic E-state index is 6.52. The highest BCUT2D eigenvalue weighted by Crippen LogP contribution is 2.54. The van der Waals surface area contributed by atoms with Crippen molar-refractivity contribution in [1.29, 1.82) is 0 Å². The van der Waals surface area contributed by atoms with Crippen molar-refractivity contribution in [1.82, 2.24) is 0 Å². The molecule has 41 heavy (non-hydrogen) atoms. The van der Waals surface area contributed by atoms with E-state index in [4.69, 9.17) is 4.42 Å². The van der Waals surface area contributed by atoms with Gasteiger partial charge in [-0.25, -0.2) is 0 Å². The Balaban J connectivity index is 1.27. The molecule has 0 atom stereocenters. The molecule has 0 saturated heterocycles. The molecule has 0 aliphatic heterocycles. The molecule has 1 heterocycles. The molecule has 2 heteroatoms. The number of hydrogen-bond acceptors (Lipinski definition) is 2. The van der Waals surface area contributed by atoms with Gasteiger partial charge in [-0.1, -0.05) is 105 Å². The van der Waals surface area contributed by atoms with Crippen LogP contribution in [-0.2, 0) is 5.41 Å². The summed E-state index contributed by atoms with van der Waals surface area (Å²) < 4.78 is 6.52. The van der Waals surface area contributed by atoms with Gasteiger partial charge in [0.2, 0.25) is 0 Å². The molecule has 0 amide bonds. The van der Waals surface area contributed by atoms with Crippen molar-refractivity contribution in [3.8, 4) is 22.3 Å². The van der Waals surface area contributed by atoms with E-state index in [0.717, 1.165) is 28.2 Å². The first-order valence-electron chi connectivity index (χ1n) is 14.2. The quantitative estimate of drug-likeness (QED) is 0.226. The zero-order valence-electron chi connectivity index (χ0n) is 23.1. The van der Waals surface area contributed by atoms with Crippen molar-refractivity contribution in [2.45, 2.75) is 19.3 Å². The normalized spacial score (nSPS) is 13.3. The van der Waals surface area contributed by atoms with E-state index in [1.165, 1.54) is 44.2 Å². The van der Waals surface area contributed by atoms with Crippen LogP contribution in [0, 0.1) is 0 Å². The van der Waals surface area contributed by atoms with Crippen LogP contribution in [0.25, 0.3) is 44.2 Å². The minimum atomic E-state index is -0.215. The zero-order chi connectivity index (χ0) is 27.6. The van der Waals surface area contributed by atoms with Crippen LogP contribution in [0.2, 0.25) is 0 Å². The summed E-state index contributed by atoms with van der Waals surface area (Å²) >= 11 is 0. The molecule has 0 unspecified atom stereocenters. The lowest BCUT2D eigenvalue weighted by Gasteiger charge is -2.28. The van der Waals surface area contributed by atoms with Crippen molar-refractivity contribution in [3.05, 3.63) is 151 Å². The Morgan fingerprint density at radius 2 is 1.12 bits per heavy atom. The summed E-state index contributed by atoms with van der Waals surface area (Å²) in [5.74, 6) is 0. The Bertz CT molecular complexity index is 2050. The summed E-state index contributed by atoms with van der Waals surface area (Å²) in [5, 5.41) is 2.36. The fourth-order valence-electron chi connectivity index (χ4n) is 6.65. The molecule has 7 aromatic rings. The monoisotopic (exact) mass is 527 g/mol. The van der Waals surface area contributed by atoms with E-state index in [1.54, 1.807) is 0 Å². The smallest absolute Gasteiger partial charge is 0.140 e. The fourth-order valence-corrected chi connectivity index (χ4v) is 6.65. The first kappa shape index (κ1) is 23.8. The SMILES string of the molecule is CC1(C)c2cc(N(c3ccccc3)c3ccc(-c4ccccc4)cc3)ccc2-c2ccc3c(oc4ccccc43)c21. The van der Waals surface area contributed by atoms with Crippen molar-refractivity contribution < 1.29 is 4.42 Å². The largest absolute Gasteiger partial charge is 0.456 e. The summed E-state index contributed by atoms with van der Waals surface area (Å²) in [6.45, 7) is 4.66. The second-order valence-corrected chi connectivity index (χ2v) is 11.4. The molecule has 0 spiro atoms. The number of hydrogen-bond donors (Lipinski definition) is 0. The predicted molar refractivity (Wildman–Crippen MR) is 171 cm³/mol. The van der Waals surface area contributed by atoms with Gasteiger partial charge in [-0.15, -0.1) is 0 Å². The molecule has 0 fully saturated rings. The molecule has 196 valence electrons. The summed E-state index contributed by atoms with van der Waals surface area (Å²) in [4.78, 5) is 2.35. The molecule has 0 radical (unpaired) electrons. The summed E-state index contributed by atoms with van der Waals surface area (Å²) in [6, 6.07) is 49.8. The average molecular weight is 528 g/mol. The van der Waals surface area contributed by atoms with Gasteiger partial charge in [-0.3, -0.25) is 0 Å². The topological polar surface area (TPSA) is 16.4 Å². The Labute approximate surface area is 240 Å². The summed E-state index contributed by atoms with van der Waals surface area (Å²) in [5.41, 5.74) is 12.7. The van der Waals surface area contributed by atoms with Crippen LogP contribution in [0.1, 0.15) is 25.0 Å². The molecule has 0 bridgehead atoms. The third-order valence-electron chi connectivity index (χ3n) is 8.64. The number of rotatable bonds is 4. The summed E-state index contributed by atoms with van der Waals surface area (Å²) in [6.07, 6.45) is 0. The standard InChI is InChI=1S/C39H29NO/c1-39(2)35-25-30(21-22-31(35)33-23-24-34-32-15-9-10-16-36(32)41-38(34)37(33)39)40(28-13-7-4-8-14-28)29-19-17-27(18-20-29)26-11-5-3-6-12-26/h3-25H,1-2H3. The van der Waals surface area contributed by atoms with Crippen LogP contribution in [0.4, 0.5) is 17.1 Å². The van der Waals surface area contributed by atoms with E-state index in [0.29, 0.717) is 0 Å². The highest BCUT2D eigenvalue weighted by molar-refractivity contribution is 6.09. The fraction of sp³-hybridized carbons (Fsp3) is 0.0769. The summed E-state index contributed by atoms with van der Waals surface area (Å²) in [7, 11) is 0. The van der Waals surface area contributed by atoms with E-state index in [1.807, 2.05) is 6.07 Å². The zero-order valence-corrected chi connectivity index (χ0v) is 23.1. The van der Waals surface area contributed by atoms with E-state index in [2.05, 4.69) is 152 Å². The number of furan rings is 1. The molecule has 1 aromatic heterocycles. The number of fused-ring (bicyclic) bond motifs is 7. The van der Waals surface area contributed by atoms with Gasteiger partial charge in [0.25, 0.3) is 0 Å². The van der Waals surface area contributed by atoms with Gasteiger partial charge in [0.05, 0.1) is 0 Å². The average Bonchev–Trinajstić information content (AvgIpc) is 3.51. The minimum absolute atomic E-state index is 0.215. The highest BCUT2D eigenvalue weighted by atomic mass is 16.3. The van der Waals surface area contributed by atoms with Crippen molar-refractivity contribution in [3.63, 3.8) is 0 Å². The molecular weight excluding hydrogens is 498 g/mol. The maximum atomic E-state index is 6.52. The molecular formula is C39H29NO. The first-order valence-corrected chi connectivity index (χ1v) is 14.2. The van der Waals surface area contributed by atoms with Gasteiger partial charge in [0.15, 0.2) is 0 Å². The lowest BCUT2D eigenvalue weighted by Crippen LogP contribution is -2.17. The number of nitrogens with zero attached hydrogens (tertiary/aromatic N) is 1. The van der Waals surface area contributed by atoms with Gasteiger partial charge in [-0.2, -0.15) is 0 Å². The predicted octanol–water partition coefficient (Wildman–Crippen LogP) is 11.0. The maximum Gasteiger partial charge on any atom is 0.140 e. The van der Waals surface area contributed by atoms with Crippen molar-refractivity contribution >= 4 is 39.0 Å². The van der Waals surface area contributed by atoms with Crippen LogP contribution in [-0.4, -0.2) is 0 Å². The molecule has 8 rings (SSSR count). The Morgan fingerprint density at radius 3 is 1.90 bits per heavy atom. The van der Waals surface area contributed by atoms with Gasteiger partial charge >= 0.3 is 0 Å². The van der Waals surface area contributed by atoms with Crippen LogP contribution in [0.5, 0.6) is 0 Å². The van der Waals surface area contributed by atoms with Crippen LogP contribution < -0.4 is 4.90 Å². The second-order valence-electron chi connectivity index (χ2n) is 11.4. The van der Waals surface area contributed by atoms with E-state index in [-0.39, 0.29) is 5.41 Å². The lowest BCUT2D eigenvalue weighted by molar-refractivity contribution is 0.620. The number of anilines is 3. The third-order valence-corrected chi connectivity index (χ3v) is 8.64. The second kappa shape index (κ2) is 8.97. The van der Waals surface area contributed by atoms with Gasteiger partial charge in [0.1, 0.15) is 11.2 Å². The molecule has 0 saturated carbocycles. The van der Waals surface area contributed by atoms with E-state index < -0.39 is 0 Å². The van der Waals surface area contributed by atoms with Crippen molar-refractivity contribution in [2.75, 3.05) is 4.90 Å². The Hall–Kier alpha value is -5.08. The number of para-hydroxylation sites is 2. The Kier molecular flexibility index (Phi) is 5.20. The van der Waals surface area contributed by atoms with Crippen LogP contribution >= 0.6 is 0 Å². The molecule has 6 aromatic carbocycles. The molecule has 0 N–H and O–H groups in total.